The van der Waals surface area contributed by atoms with Crippen LogP contribution in [-0.4, -0.2) is 39.4 Å². The maximum Gasteiger partial charge on any atom is 0.294 e. The van der Waals surface area contributed by atoms with E-state index in [0.29, 0.717) is 42.8 Å². The van der Waals surface area contributed by atoms with Crippen molar-refractivity contribution in [1.29, 1.82) is 0 Å². The summed E-state index contributed by atoms with van der Waals surface area (Å²) < 4.78 is 15.2. The summed E-state index contributed by atoms with van der Waals surface area (Å²) in [4.78, 5) is 38.6. The first-order chi connectivity index (χ1) is 14.8. The molecule has 31 heavy (non-hydrogen) atoms. The zero-order valence-electron chi connectivity index (χ0n) is 17.1. The Hall–Kier alpha value is -2.71. The Morgan fingerprint density at radius 1 is 1.26 bits per heavy atom. The van der Waals surface area contributed by atoms with Gasteiger partial charge in [-0.3, -0.25) is 14.4 Å². The number of carbonyl (C=O) groups is 3. The van der Waals surface area contributed by atoms with Crippen LogP contribution in [0.25, 0.3) is 0 Å². The average Bonchev–Trinajstić information content (AvgIpc) is 3.45. The molecule has 1 aromatic carbocycles. The number of nitrogens with one attached hydrogen (secondary N) is 2. The lowest BCUT2D eigenvalue weighted by atomic mass is 10.1. The van der Waals surface area contributed by atoms with Gasteiger partial charge in [-0.15, -0.1) is 0 Å². The minimum atomic E-state index is -0.847. The molecule has 9 heteroatoms. The molecule has 0 spiro atoms. The second-order valence-electron chi connectivity index (χ2n) is 8.23. The van der Waals surface area contributed by atoms with Gasteiger partial charge in [0.25, 0.3) is 17.6 Å². The molecule has 4 rings (SSSR count). The number of aliphatic hydroxyl groups is 1. The first-order valence-electron chi connectivity index (χ1n) is 10.2. The maximum atomic E-state index is 13.5. The molecule has 0 atom stereocenters. The lowest BCUT2D eigenvalue weighted by molar-refractivity contribution is -0.118. The molecule has 0 radical (unpaired) electrons. The van der Waals surface area contributed by atoms with E-state index in [0.717, 1.165) is 12.8 Å². The van der Waals surface area contributed by atoms with E-state index in [1.165, 1.54) is 18.2 Å². The van der Waals surface area contributed by atoms with E-state index in [1.807, 2.05) is 0 Å². The molecule has 164 valence electrons. The lowest BCUT2D eigenvalue weighted by Crippen LogP contribution is -2.43. The third kappa shape index (κ3) is 3.97. The Balaban J connectivity index is 1.66. The van der Waals surface area contributed by atoms with E-state index in [-0.39, 0.29) is 28.7 Å². The number of aliphatic hydroxyl groups excluding tert-OH is 1. The van der Waals surface area contributed by atoms with Crippen molar-refractivity contribution in [3.05, 3.63) is 51.6 Å². The van der Waals surface area contributed by atoms with Crippen LogP contribution >= 0.6 is 11.6 Å². The van der Waals surface area contributed by atoms with Gasteiger partial charge in [-0.2, -0.15) is 0 Å². The van der Waals surface area contributed by atoms with Gasteiger partial charge < -0.3 is 20.3 Å². The van der Waals surface area contributed by atoms with Crippen molar-refractivity contribution in [3.8, 4) is 0 Å². The fourth-order valence-electron chi connectivity index (χ4n) is 3.95. The van der Waals surface area contributed by atoms with Crippen LogP contribution in [0.1, 0.15) is 57.8 Å². The molecule has 3 N–H and O–H groups in total. The predicted molar refractivity (Wildman–Crippen MR) is 113 cm³/mol. The van der Waals surface area contributed by atoms with Gasteiger partial charge >= 0.3 is 0 Å². The zero-order chi connectivity index (χ0) is 22.3. The first-order valence-corrected chi connectivity index (χ1v) is 10.6. The van der Waals surface area contributed by atoms with Gasteiger partial charge in [-0.05, 0) is 62.8 Å². The number of hydrogen-bond donors (Lipinski definition) is 3. The Bertz CT molecular complexity index is 1090. The Morgan fingerprint density at radius 3 is 2.65 bits per heavy atom. The van der Waals surface area contributed by atoms with Crippen LogP contribution in [0, 0.1) is 12.7 Å². The normalized spacial score (nSPS) is 16.4. The van der Waals surface area contributed by atoms with Crippen molar-refractivity contribution in [3.63, 3.8) is 0 Å². The van der Waals surface area contributed by atoms with Gasteiger partial charge in [-0.1, -0.05) is 11.6 Å². The number of ketones is 1. The van der Waals surface area contributed by atoms with Crippen molar-refractivity contribution in [2.45, 2.75) is 51.1 Å². The summed E-state index contributed by atoms with van der Waals surface area (Å²) in [6, 6.07) is 4.21. The molecule has 0 unspecified atom stereocenters. The van der Waals surface area contributed by atoms with Crippen LogP contribution in [-0.2, 0) is 17.8 Å². The standard InChI is InChI=1S/C22H23ClFN3O4/c1-12-10-13(5-6-14(12)24)25-20(30)16-15-4-2-3-9-27(15)18(17(16)23)19(29)21(31)26-22(11-28)7-8-22/h5-6,10,28H,2-4,7-9,11H2,1H3,(H,25,30)(H,26,31). The van der Waals surface area contributed by atoms with Gasteiger partial charge in [0.15, 0.2) is 0 Å². The highest BCUT2D eigenvalue weighted by atomic mass is 35.5. The van der Waals surface area contributed by atoms with E-state index < -0.39 is 23.1 Å². The van der Waals surface area contributed by atoms with Crippen LogP contribution in [0.4, 0.5) is 10.1 Å². The fraction of sp³-hybridized carbons (Fsp3) is 0.409. The minimum Gasteiger partial charge on any atom is -0.394 e. The number of fused-ring (bicyclic) bond motifs is 1. The van der Waals surface area contributed by atoms with Gasteiger partial charge in [-0.25, -0.2) is 4.39 Å². The topological polar surface area (TPSA) is 100 Å². The molecule has 1 aromatic heterocycles. The second kappa shape index (κ2) is 8.09. The molecule has 1 saturated carbocycles. The number of rotatable bonds is 6. The first kappa shape index (κ1) is 21.5. The predicted octanol–water partition coefficient (Wildman–Crippen LogP) is 3.00. The van der Waals surface area contributed by atoms with E-state index in [2.05, 4.69) is 10.6 Å². The van der Waals surface area contributed by atoms with Crippen LogP contribution in [0.15, 0.2) is 18.2 Å². The van der Waals surface area contributed by atoms with Gasteiger partial charge in [0.1, 0.15) is 11.5 Å². The zero-order valence-corrected chi connectivity index (χ0v) is 17.8. The number of amides is 2. The quantitative estimate of drug-likeness (QED) is 0.468. The molecule has 0 saturated heterocycles. The van der Waals surface area contributed by atoms with Crippen LogP contribution in [0.3, 0.4) is 0 Å². The van der Waals surface area contributed by atoms with Crippen molar-refractivity contribution in [1.82, 2.24) is 9.88 Å². The molecular formula is C22H23ClFN3O4. The number of halogens is 2. The van der Waals surface area contributed by atoms with E-state index >= 15 is 0 Å². The highest BCUT2D eigenvalue weighted by Crippen LogP contribution is 2.36. The second-order valence-corrected chi connectivity index (χ2v) is 8.61. The molecule has 2 aromatic rings. The smallest absolute Gasteiger partial charge is 0.294 e. The number of nitrogens with zero attached hydrogens (tertiary/aromatic N) is 1. The lowest BCUT2D eigenvalue weighted by Gasteiger charge is -2.19. The van der Waals surface area contributed by atoms with Crippen LogP contribution < -0.4 is 10.6 Å². The van der Waals surface area contributed by atoms with Crippen molar-refractivity contribution >= 4 is 34.9 Å². The minimum absolute atomic E-state index is 0.0111. The fourth-order valence-corrected chi connectivity index (χ4v) is 4.33. The van der Waals surface area contributed by atoms with E-state index in [9.17, 15) is 23.9 Å². The number of carbonyl (C=O) groups excluding carboxylic acids is 3. The van der Waals surface area contributed by atoms with E-state index in [4.69, 9.17) is 11.6 Å². The number of aryl methyl sites for hydroxylation is 1. The summed E-state index contributed by atoms with van der Waals surface area (Å²) in [5, 5.41) is 14.7. The third-order valence-corrected chi connectivity index (χ3v) is 6.32. The number of anilines is 1. The highest BCUT2D eigenvalue weighted by Gasteiger charge is 2.45. The largest absolute Gasteiger partial charge is 0.394 e. The molecule has 1 aliphatic carbocycles. The van der Waals surface area contributed by atoms with Crippen molar-refractivity contribution < 1.29 is 23.9 Å². The Morgan fingerprint density at radius 2 is 2.00 bits per heavy atom. The van der Waals surface area contributed by atoms with Gasteiger partial charge in [0.05, 0.1) is 22.7 Å². The summed E-state index contributed by atoms with van der Waals surface area (Å²) in [6.45, 7) is 1.82. The van der Waals surface area contributed by atoms with Crippen molar-refractivity contribution in [2.24, 2.45) is 0 Å². The van der Waals surface area contributed by atoms with Crippen LogP contribution in [0.2, 0.25) is 5.02 Å². The molecule has 0 bridgehead atoms. The maximum absolute atomic E-state index is 13.5. The van der Waals surface area contributed by atoms with Gasteiger partial charge in [0.2, 0.25) is 0 Å². The van der Waals surface area contributed by atoms with Crippen molar-refractivity contribution in [2.75, 3.05) is 11.9 Å². The molecule has 2 aliphatic rings. The number of Topliss-reactive ketones (excluding diaryl/α,β-unsaturated/α-hetero) is 1. The summed E-state index contributed by atoms with van der Waals surface area (Å²) in [7, 11) is 0. The Kier molecular flexibility index (Phi) is 5.61. The SMILES string of the molecule is Cc1cc(NC(=O)c2c(Cl)c(C(=O)C(=O)NC3(CO)CC3)n3c2CCCC3)ccc1F. The highest BCUT2D eigenvalue weighted by molar-refractivity contribution is 6.48. The monoisotopic (exact) mass is 447 g/mol. The number of benzene rings is 1. The number of aromatic nitrogens is 1. The molecule has 1 aliphatic heterocycles. The summed E-state index contributed by atoms with van der Waals surface area (Å²) in [5.41, 5.74) is 0.794. The number of hydrogen-bond acceptors (Lipinski definition) is 4. The summed E-state index contributed by atoms with van der Waals surface area (Å²) in [5.74, 6) is -2.58. The molecule has 7 nitrogen and oxygen atoms in total. The summed E-state index contributed by atoms with van der Waals surface area (Å²) >= 11 is 6.51. The molecule has 2 heterocycles. The van der Waals surface area contributed by atoms with Gasteiger partial charge in [0, 0.05) is 17.9 Å². The molecular weight excluding hydrogens is 425 g/mol. The summed E-state index contributed by atoms with van der Waals surface area (Å²) in [6.07, 6.45) is 3.36. The average molecular weight is 448 g/mol. The van der Waals surface area contributed by atoms with Crippen LogP contribution in [0.5, 0.6) is 0 Å². The Labute approximate surface area is 183 Å². The molecule has 2 amide bonds. The van der Waals surface area contributed by atoms with E-state index in [1.54, 1.807) is 11.5 Å². The third-order valence-electron chi connectivity index (χ3n) is 5.96. The molecule has 1 fully saturated rings.